The lowest BCUT2D eigenvalue weighted by atomic mass is 10.2. The molecule has 0 atom stereocenters. The molecule has 5 heteroatoms. The van der Waals surface area contributed by atoms with Gasteiger partial charge in [-0.15, -0.1) is 0 Å². The van der Waals surface area contributed by atoms with Gasteiger partial charge >= 0.3 is 0 Å². The van der Waals surface area contributed by atoms with Gasteiger partial charge in [-0.25, -0.2) is 0 Å². The van der Waals surface area contributed by atoms with E-state index in [1.54, 1.807) is 0 Å². The van der Waals surface area contributed by atoms with Gasteiger partial charge in [0, 0.05) is 5.02 Å². The van der Waals surface area contributed by atoms with Crippen LogP contribution in [0.15, 0.2) is 42.5 Å². The Morgan fingerprint density at radius 3 is 2.68 bits per heavy atom. The largest absolute Gasteiger partial charge is 0.331 e. The Labute approximate surface area is 125 Å². The maximum Gasteiger partial charge on any atom is 0.178 e. The van der Waals surface area contributed by atoms with Crippen LogP contribution >= 0.6 is 35.4 Å². The maximum absolute atomic E-state index is 6.26. The Morgan fingerprint density at radius 2 is 1.89 bits per heavy atom. The summed E-state index contributed by atoms with van der Waals surface area (Å²) in [5.74, 6) is 0. The highest BCUT2D eigenvalue weighted by molar-refractivity contribution is 7.71. The van der Waals surface area contributed by atoms with E-state index >= 15 is 0 Å². The normalized spacial score (nSPS) is 11.1. The number of hydrogen-bond acceptors (Lipinski definition) is 1. The number of halogens is 2. The SMILES string of the molecule is S=c1[nH]c2cccc(Cl)c2n1Cc1cccc(Cl)c1. The summed E-state index contributed by atoms with van der Waals surface area (Å²) < 4.78 is 2.64. The van der Waals surface area contributed by atoms with Gasteiger partial charge in [0.25, 0.3) is 0 Å². The zero-order chi connectivity index (χ0) is 13.4. The van der Waals surface area contributed by atoms with Gasteiger partial charge in [0.05, 0.1) is 22.6 Å². The first kappa shape index (κ1) is 12.7. The van der Waals surface area contributed by atoms with Crippen molar-refractivity contribution in [2.24, 2.45) is 0 Å². The van der Waals surface area contributed by atoms with Crippen molar-refractivity contribution < 1.29 is 0 Å². The monoisotopic (exact) mass is 308 g/mol. The third-order valence-corrected chi connectivity index (χ3v) is 3.84. The van der Waals surface area contributed by atoms with Crippen LogP contribution in [0.2, 0.25) is 10.0 Å². The molecular weight excluding hydrogens is 299 g/mol. The van der Waals surface area contributed by atoms with Crippen LogP contribution in [-0.4, -0.2) is 9.55 Å². The minimum atomic E-state index is 0.642. The van der Waals surface area contributed by atoms with Crippen molar-refractivity contribution in [3.05, 3.63) is 62.8 Å². The average molecular weight is 309 g/mol. The van der Waals surface area contributed by atoms with Crippen molar-refractivity contribution in [2.45, 2.75) is 6.54 Å². The highest BCUT2D eigenvalue weighted by atomic mass is 35.5. The minimum Gasteiger partial charge on any atom is -0.331 e. The van der Waals surface area contributed by atoms with Gasteiger partial charge in [0.1, 0.15) is 0 Å². The van der Waals surface area contributed by atoms with E-state index in [2.05, 4.69) is 4.98 Å². The molecule has 0 amide bonds. The van der Waals surface area contributed by atoms with Gasteiger partial charge in [0.2, 0.25) is 0 Å². The third-order valence-electron chi connectivity index (χ3n) is 2.97. The van der Waals surface area contributed by atoms with Crippen molar-refractivity contribution in [3.63, 3.8) is 0 Å². The average Bonchev–Trinajstić information content (AvgIpc) is 2.67. The van der Waals surface area contributed by atoms with E-state index in [1.807, 2.05) is 47.0 Å². The number of para-hydroxylation sites is 1. The van der Waals surface area contributed by atoms with E-state index < -0.39 is 0 Å². The van der Waals surface area contributed by atoms with Crippen LogP contribution in [0.25, 0.3) is 11.0 Å². The number of nitrogens with zero attached hydrogens (tertiary/aromatic N) is 1. The molecule has 0 spiro atoms. The lowest BCUT2D eigenvalue weighted by Gasteiger charge is -2.06. The minimum absolute atomic E-state index is 0.642. The maximum atomic E-state index is 6.26. The lowest BCUT2D eigenvalue weighted by Crippen LogP contribution is -1.99. The Balaban J connectivity index is 2.15. The summed E-state index contributed by atoms with van der Waals surface area (Å²) in [7, 11) is 0. The fourth-order valence-corrected chi connectivity index (χ4v) is 2.90. The van der Waals surface area contributed by atoms with Crippen LogP contribution in [0.3, 0.4) is 0 Å². The van der Waals surface area contributed by atoms with Crippen LogP contribution in [-0.2, 0) is 6.54 Å². The predicted octanol–water partition coefficient (Wildman–Crippen LogP) is 5.05. The van der Waals surface area contributed by atoms with E-state index in [1.165, 1.54) is 0 Å². The molecule has 3 aromatic rings. The number of aromatic amines is 1. The first-order valence-corrected chi connectivity index (χ1v) is 6.93. The summed E-state index contributed by atoms with van der Waals surface area (Å²) >= 11 is 17.6. The second-order valence-corrected chi connectivity index (χ2v) is 5.51. The number of H-pyrrole nitrogens is 1. The number of nitrogens with one attached hydrogen (secondary N) is 1. The number of imidazole rings is 1. The van der Waals surface area contributed by atoms with Crippen LogP contribution in [0.5, 0.6) is 0 Å². The van der Waals surface area contributed by atoms with Crippen LogP contribution < -0.4 is 0 Å². The highest BCUT2D eigenvalue weighted by Crippen LogP contribution is 2.24. The molecule has 0 bridgehead atoms. The predicted molar refractivity (Wildman–Crippen MR) is 82.7 cm³/mol. The fraction of sp³-hybridized carbons (Fsp3) is 0.0714. The Morgan fingerprint density at radius 1 is 1.11 bits per heavy atom. The standard InChI is InChI=1S/C14H10Cl2N2S/c15-10-4-1-3-9(7-10)8-18-13-11(16)5-2-6-12(13)17-14(18)19/h1-7H,8H2,(H,17,19). The van der Waals surface area contributed by atoms with Crippen molar-refractivity contribution >= 4 is 46.5 Å². The molecule has 3 rings (SSSR count). The van der Waals surface area contributed by atoms with Crippen LogP contribution in [0.4, 0.5) is 0 Å². The van der Waals surface area contributed by atoms with Crippen molar-refractivity contribution in [2.75, 3.05) is 0 Å². The van der Waals surface area contributed by atoms with Gasteiger partial charge in [-0.3, -0.25) is 0 Å². The molecule has 1 aromatic heterocycles. The summed E-state index contributed by atoms with van der Waals surface area (Å²) in [5, 5.41) is 1.40. The molecule has 0 aliphatic carbocycles. The number of aromatic nitrogens is 2. The molecule has 19 heavy (non-hydrogen) atoms. The first-order chi connectivity index (χ1) is 9.15. The lowest BCUT2D eigenvalue weighted by molar-refractivity contribution is 0.810. The van der Waals surface area contributed by atoms with Gasteiger partial charge < -0.3 is 9.55 Å². The summed E-state index contributed by atoms with van der Waals surface area (Å²) in [4.78, 5) is 3.16. The quantitative estimate of drug-likeness (QED) is 0.657. The molecule has 2 nitrogen and oxygen atoms in total. The molecule has 0 fully saturated rings. The molecular formula is C14H10Cl2N2S. The van der Waals surface area contributed by atoms with Crippen molar-refractivity contribution in [1.29, 1.82) is 0 Å². The second-order valence-electron chi connectivity index (χ2n) is 4.28. The molecule has 0 saturated heterocycles. The Kier molecular flexibility index (Phi) is 3.35. The van der Waals surface area contributed by atoms with Crippen LogP contribution in [0.1, 0.15) is 5.56 Å². The molecule has 2 aromatic carbocycles. The summed E-state index contributed by atoms with van der Waals surface area (Å²) in [6.45, 7) is 0.642. The molecule has 0 aliphatic heterocycles. The Bertz CT molecular complexity index is 805. The zero-order valence-electron chi connectivity index (χ0n) is 9.86. The smallest absolute Gasteiger partial charge is 0.178 e. The summed E-state index contributed by atoms with van der Waals surface area (Å²) in [6, 6.07) is 13.5. The van der Waals surface area contributed by atoms with Crippen molar-refractivity contribution in [1.82, 2.24) is 9.55 Å². The number of benzene rings is 2. The molecule has 0 unspecified atom stereocenters. The van der Waals surface area contributed by atoms with Gasteiger partial charge in [-0.05, 0) is 42.0 Å². The van der Waals surface area contributed by atoms with E-state index in [0.717, 1.165) is 21.6 Å². The Hall–Kier alpha value is -1.29. The van der Waals surface area contributed by atoms with Gasteiger partial charge in [-0.1, -0.05) is 41.4 Å². The molecule has 0 saturated carbocycles. The fourth-order valence-electron chi connectivity index (χ4n) is 2.14. The number of hydrogen-bond donors (Lipinski definition) is 1. The molecule has 1 heterocycles. The first-order valence-electron chi connectivity index (χ1n) is 5.76. The second kappa shape index (κ2) is 5.00. The van der Waals surface area contributed by atoms with Crippen molar-refractivity contribution in [3.8, 4) is 0 Å². The molecule has 0 radical (unpaired) electrons. The highest BCUT2D eigenvalue weighted by Gasteiger charge is 2.08. The topological polar surface area (TPSA) is 20.7 Å². The summed E-state index contributed by atoms with van der Waals surface area (Å²) in [5.41, 5.74) is 2.96. The van der Waals surface area contributed by atoms with E-state index in [0.29, 0.717) is 16.3 Å². The van der Waals surface area contributed by atoms with E-state index in [-0.39, 0.29) is 0 Å². The van der Waals surface area contributed by atoms with Crippen LogP contribution in [0, 0.1) is 4.77 Å². The van der Waals surface area contributed by atoms with Gasteiger partial charge in [0.15, 0.2) is 4.77 Å². The molecule has 96 valence electrons. The van der Waals surface area contributed by atoms with E-state index in [4.69, 9.17) is 35.4 Å². The zero-order valence-corrected chi connectivity index (χ0v) is 12.2. The molecule has 0 aliphatic rings. The van der Waals surface area contributed by atoms with Gasteiger partial charge in [-0.2, -0.15) is 0 Å². The van der Waals surface area contributed by atoms with E-state index in [9.17, 15) is 0 Å². The summed E-state index contributed by atoms with van der Waals surface area (Å²) in [6.07, 6.45) is 0. The number of fused-ring (bicyclic) bond motifs is 1. The molecule has 1 N–H and O–H groups in total. The number of rotatable bonds is 2. The third kappa shape index (κ3) is 2.41.